The molecular formula is C24H29N3O3. The molecule has 1 heterocycles. The first-order valence-corrected chi connectivity index (χ1v) is 10.4. The zero-order valence-electron chi connectivity index (χ0n) is 17.9. The van der Waals surface area contributed by atoms with Gasteiger partial charge < -0.3 is 15.1 Å². The Morgan fingerprint density at radius 1 is 1.10 bits per heavy atom. The number of aryl methyl sites for hydroxylation is 1. The van der Waals surface area contributed by atoms with Crippen LogP contribution in [-0.2, 0) is 20.8 Å². The van der Waals surface area contributed by atoms with Crippen molar-refractivity contribution in [3.8, 4) is 11.1 Å². The Morgan fingerprint density at radius 3 is 2.57 bits per heavy atom. The monoisotopic (exact) mass is 407 g/mol. The fourth-order valence-electron chi connectivity index (χ4n) is 3.95. The number of nitrogens with zero attached hydrogens (tertiary/aromatic N) is 2. The van der Waals surface area contributed by atoms with Gasteiger partial charge in [0.25, 0.3) is 0 Å². The first-order chi connectivity index (χ1) is 14.4. The number of carbonyl (C=O) groups is 3. The number of benzene rings is 2. The molecular weight excluding hydrogens is 378 g/mol. The average molecular weight is 408 g/mol. The minimum absolute atomic E-state index is 0.0426. The number of rotatable bonds is 6. The van der Waals surface area contributed by atoms with Crippen LogP contribution in [0.4, 0.5) is 0 Å². The topological polar surface area (TPSA) is 69.7 Å². The average Bonchev–Trinajstić information content (AvgIpc) is 2.73. The molecule has 2 aromatic carbocycles. The molecule has 6 nitrogen and oxygen atoms in total. The number of hydrogen-bond donors (Lipinski definition) is 1. The van der Waals surface area contributed by atoms with Gasteiger partial charge in [0.1, 0.15) is 6.04 Å². The molecule has 6 heteroatoms. The van der Waals surface area contributed by atoms with Gasteiger partial charge in [-0.05, 0) is 30.5 Å². The Morgan fingerprint density at radius 2 is 1.87 bits per heavy atom. The molecule has 1 aliphatic rings. The minimum Gasteiger partial charge on any atom is -0.347 e. The summed E-state index contributed by atoms with van der Waals surface area (Å²) in [6.07, 6.45) is 0.436. The molecule has 30 heavy (non-hydrogen) atoms. The molecule has 1 saturated heterocycles. The lowest BCUT2D eigenvalue weighted by molar-refractivity contribution is -0.151. The molecule has 0 saturated carbocycles. The van der Waals surface area contributed by atoms with Gasteiger partial charge >= 0.3 is 0 Å². The number of amides is 3. The third kappa shape index (κ3) is 4.87. The molecule has 0 spiro atoms. The lowest BCUT2D eigenvalue weighted by atomic mass is 9.92. The quantitative estimate of drug-likeness (QED) is 0.799. The molecule has 0 aliphatic carbocycles. The van der Waals surface area contributed by atoms with Crippen LogP contribution in [0.1, 0.15) is 25.0 Å². The van der Waals surface area contributed by atoms with E-state index < -0.39 is 6.04 Å². The first kappa shape index (κ1) is 21.6. The van der Waals surface area contributed by atoms with Gasteiger partial charge in [-0.2, -0.15) is 0 Å². The van der Waals surface area contributed by atoms with Crippen LogP contribution in [0, 0.1) is 6.92 Å². The maximum absolute atomic E-state index is 13.2. The molecule has 3 rings (SSSR count). The van der Waals surface area contributed by atoms with Gasteiger partial charge in [-0.3, -0.25) is 14.4 Å². The summed E-state index contributed by atoms with van der Waals surface area (Å²) in [6, 6.07) is 15.7. The number of piperazine rings is 1. The zero-order chi connectivity index (χ0) is 21.7. The van der Waals surface area contributed by atoms with Crippen molar-refractivity contribution >= 4 is 17.7 Å². The van der Waals surface area contributed by atoms with Crippen LogP contribution < -0.4 is 5.32 Å². The Bertz CT molecular complexity index is 941. The molecule has 158 valence electrons. The summed E-state index contributed by atoms with van der Waals surface area (Å²) in [5, 5.41) is 2.56. The largest absolute Gasteiger partial charge is 0.347 e. The van der Waals surface area contributed by atoms with E-state index in [-0.39, 0.29) is 24.3 Å². The second kappa shape index (κ2) is 9.57. The standard InChI is InChI=1S/C24H29N3O3/c1-4-26-12-13-27(23(29)16-25-18(3)28)22(24(26)30)15-20-9-5-6-11-21(20)19-10-7-8-17(2)14-19/h5-11,14,22H,4,12-13,15-16H2,1-3H3,(H,25,28)/t22-/m1/s1. The highest BCUT2D eigenvalue weighted by Gasteiger charge is 2.37. The van der Waals surface area contributed by atoms with Crippen LogP contribution >= 0.6 is 0 Å². The Balaban J connectivity index is 1.92. The first-order valence-electron chi connectivity index (χ1n) is 10.4. The Hall–Kier alpha value is -3.15. The van der Waals surface area contributed by atoms with Crippen LogP contribution in [0.2, 0.25) is 0 Å². The number of hydrogen-bond acceptors (Lipinski definition) is 3. The van der Waals surface area contributed by atoms with Crippen molar-refractivity contribution in [2.75, 3.05) is 26.2 Å². The van der Waals surface area contributed by atoms with E-state index >= 15 is 0 Å². The van der Waals surface area contributed by atoms with Gasteiger partial charge in [0.05, 0.1) is 6.54 Å². The van der Waals surface area contributed by atoms with Crippen LogP contribution in [0.5, 0.6) is 0 Å². The summed E-state index contributed by atoms with van der Waals surface area (Å²) in [7, 11) is 0. The molecule has 0 bridgehead atoms. The smallest absolute Gasteiger partial charge is 0.245 e. The van der Waals surface area contributed by atoms with E-state index in [1.165, 1.54) is 12.5 Å². The SMILES string of the molecule is CCN1CCN(C(=O)CNC(C)=O)[C@H](Cc2ccccc2-c2cccc(C)c2)C1=O. The van der Waals surface area contributed by atoms with Gasteiger partial charge in [-0.1, -0.05) is 54.1 Å². The summed E-state index contributed by atoms with van der Waals surface area (Å²) >= 11 is 0. The Kier molecular flexibility index (Phi) is 6.87. The van der Waals surface area contributed by atoms with Crippen molar-refractivity contribution in [1.29, 1.82) is 0 Å². The van der Waals surface area contributed by atoms with Crippen molar-refractivity contribution < 1.29 is 14.4 Å². The van der Waals surface area contributed by atoms with Gasteiger partial charge in [-0.25, -0.2) is 0 Å². The molecule has 0 aromatic heterocycles. The highest BCUT2D eigenvalue weighted by Crippen LogP contribution is 2.27. The van der Waals surface area contributed by atoms with Crippen LogP contribution in [0.3, 0.4) is 0 Å². The number of nitrogens with one attached hydrogen (secondary N) is 1. The molecule has 1 fully saturated rings. The highest BCUT2D eigenvalue weighted by molar-refractivity contribution is 5.91. The predicted molar refractivity (Wildman–Crippen MR) is 117 cm³/mol. The maximum atomic E-state index is 13.2. The minimum atomic E-state index is -0.578. The van der Waals surface area contributed by atoms with Gasteiger partial charge in [-0.15, -0.1) is 0 Å². The zero-order valence-corrected chi connectivity index (χ0v) is 17.9. The Labute approximate surface area is 177 Å². The maximum Gasteiger partial charge on any atom is 0.245 e. The summed E-state index contributed by atoms with van der Waals surface area (Å²) < 4.78 is 0. The third-order valence-electron chi connectivity index (χ3n) is 5.53. The van der Waals surface area contributed by atoms with Gasteiger partial charge in [0.2, 0.25) is 17.7 Å². The molecule has 1 aliphatic heterocycles. The predicted octanol–water partition coefficient (Wildman–Crippen LogP) is 2.40. The fraction of sp³-hybridized carbons (Fsp3) is 0.375. The summed E-state index contributed by atoms with van der Waals surface area (Å²) in [6.45, 7) is 6.88. The molecule has 0 radical (unpaired) electrons. The van der Waals surface area contributed by atoms with Crippen molar-refractivity contribution in [2.24, 2.45) is 0 Å². The van der Waals surface area contributed by atoms with E-state index in [2.05, 4.69) is 36.5 Å². The van der Waals surface area contributed by atoms with Crippen LogP contribution in [-0.4, -0.2) is 59.7 Å². The third-order valence-corrected chi connectivity index (χ3v) is 5.53. The lowest BCUT2D eigenvalue weighted by Gasteiger charge is -2.40. The van der Waals surface area contributed by atoms with Crippen molar-refractivity contribution in [2.45, 2.75) is 33.2 Å². The summed E-state index contributed by atoms with van der Waals surface area (Å²) in [5.74, 6) is -0.533. The summed E-state index contributed by atoms with van der Waals surface area (Å²) in [4.78, 5) is 40.6. The van der Waals surface area contributed by atoms with E-state index in [0.29, 0.717) is 26.1 Å². The molecule has 1 atom stereocenters. The number of carbonyl (C=O) groups excluding carboxylic acids is 3. The molecule has 1 N–H and O–H groups in total. The van der Waals surface area contributed by atoms with E-state index in [4.69, 9.17) is 0 Å². The van der Waals surface area contributed by atoms with Gasteiger partial charge in [0, 0.05) is 33.0 Å². The van der Waals surface area contributed by atoms with Crippen molar-refractivity contribution in [3.05, 3.63) is 59.7 Å². The van der Waals surface area contributed by atoms with Crippen LogP contribution in [0.15, 0.2) is 48.5 Å². The fourth-order valence-corrected chi connectivity index (χ4v) is 3.95. The van der Waals surface area contributed by atoms with E-state index in [1.807, 2.05) is 31.2 Å². The lowest BCUT2D eigenvalue weighted by Crippen LogP contribution is -2.60. The number of likely N-dealkylation sites (N-methyl/N-ethyl adjacent to an activating group) is 1. The van der Waals surface area contributed by atoms with Gasteiger partial charge in [0.15, 0.2) is 0 Å². The van der Waals surface area contributed by atoms with Crippen LogP contribution in [0.25, 0.3) is 11.1 Å². The molecule has 0 unspecified atom stereocenters. The summed E-state index contributed by atoms with van der Waals surface area (Å²) in [5.41, 5.74) is 4.35. The molecule has 2 aromatic rings. The van der Waals surface area contributed by atoms with Crippen molar-refractivity contribution in [3.63, 3.8) is 0 Å². The molecule has 3 amide bonds. The second-order valence-electron chi connectivity index (χ2n) is 7.66. The normalized spacial score (nSPS) is 16.5. The second-order valence-corrected chi connectivity index (χ2v) is 7.66. The van der Waals surface area contributed by atoms with E-state index in [0.717, 1.165) is 16.7 Å². The van der Waals surface area contributed by atoms with E-state index in [9.17, 15) is 14.4 Å². The highest BCUT2D eigenvalue weighted by atomic mass is 16.2. The van der Waals surface area contributed by atoms with Crippen molar-refractivity contribution in [1.82, 2.24) is 15.1 Å². The van der Waals surface area contributed by atoms with E-state index in [1.54, 1.807) is 9.80 Å².